The molecule has 1 aliphatic carbocycles. The van der Waals surface area contributed by atoms with Crippen molar-refractivity contribution in [1.29, 1.82) is 0 Å². The molecule has 2 heteroatoms. The van der Waals surface area contributed by atoms with E-state index in [4.69, 9.17) is 5.84 Å². The van der Waals surface area contributed by atoms with E-state index in [0.717, 1.165) is 5.92 Å². The molecule has 0 radical (unpaired) electrons. The predicted molar refractivity (Wildman–Crippen MR) is 57.2 cm³/mol. The molecule has 0 amide bonds. The highest BCUT2D eigenvalue weighted by Crippen LogP contribution is 2.28. The van der Waals surface area contributed by atoms with E-state index in [1.54, 1.807) is 0 Å². The molecule has 1 fully saturated rings. The molecule has 78 valence electrons. The van der Waals surface area contributed by atoms with Gasteiger partial charge in [-0.05, 0) is 25.2 Å². The Balaban J connectivity index is 2.26. The van der Waals surface area contributed by atoms with Gasteiger partial charge >= 0.3 is 0 Å². The van der Waals surface area contributed by atoms with Crippen LogP contribution in [-0.4, -0.2) is 6.04 Å². The van der Waals surface area contributed by atoms with Gasteiger partial charge in [-0.25, -0.2) is 0 Å². The largest absolute Gasteiger partial charge is 0.271 e. The van der Waals surface area contributed by atoms with Gasteiger partial charge in [0.1, 0.15) is 0 Å². The summed E-state index contributed by atoms with van der Waals surface area (Å²) >= 11 is 0. The first-order valence-electron chi connectivity index (χ1n) is 5.84. The molecule has 2 nitrogen and oxygen atoms in total. The van der Waals surface area contributed by atoms with Gasteiger partial charge in [-0.3, -0.25) is 11.3 Å². The van der Waals surface area contributed by atoms with E-state index in [1.807, 2.05) is 0 Å². The fourth-order valence-electron chi connectivity index (χ4n) is 2.42. The van der Waals surface area contributed by atoms with E-state index in [2.05, 4.69) is 12.3 Å². The van der Waals surface area contributed by atoms with Crippen LogP contribution in [0.2, 0.25) is 0 Å². The summed E-state index contributed by atoms with van der Waals surface area (Å²) < 4.78 is 0. The van der Waals surface area contributed by atoms with Gasteiger partial charge in [0.25, 0.3) is 0 Å². The lowest BCUT2D eigenvalue weighted by atomic mass is 9.82. The lowest BCUT2D eigenvalue weighted by Crippen LogP contribution is -2.41. The molecule has 1 aliphatic rings. The molecule has 0 heterocycles. The van der Waals surface area contributed by atoms with E-state index < -0.39 is 0 Å². The first kappa shape index (κ1) is 11.0. The Morgan fingerprint density at radius 3 is 2.54 bits per heavy atom. The Morgan fingerprint density at radius 1 is 1.31 bits per heavy atom. The van der Waals surface area contributed by atoms with Crippen LogP contribution in [0.1, 0.15) is 58.3 Å². The molecule has 0 aliphatic heterocycles. The Morgan fingerprint density at radius 2 is 2.00 bits per heavy atom. The Labute approximate surface area is 82.2 Å². The van der Waals surface area contributed by atoms with Crippen LogP contribution in [0.5, 0.6) is 0 Å². The minimum atomic E-state index is 0.584. The number of hydrogen-bond donors (Lipinski definition) is 2. The summed E-state index contributed by atoms with van der Waals surface area (Å²) in [5.41, 5.74) is 3.01. The molecule has 0 aromatic carbocycles. The van der Waals surface area contributed by atoms with Crippen LogP contribution in [0.25, 0.3) is 0 Å². The molecular formula is C11H24N2. The molecule has 1 atom stereocenters. The third kappa shape index (κ3) is 3.65. The molecule has 3 N–H and O–H groups in total. The summed E-state index contributed by atoms with van der Waals surface area (Å²) in [4.78, 5) is 0. The van der Waals surface area contributed by atoms with Crippen LogP contribution in [0.4, 0.5) is 0 Å². The summed E-state index contributed by atoms with van der Waals surface area (Å²) in [5, 5.41) is 0. The van der Waals surface area contributed by atoms with Crippen LogP contribution in [0.15, 0.2) is 0 Å². The fourth-order valence-corrected chi connectivity index (χ4v) is 2.42. The van der Waals surface area contributed by atoms with Crippen molar-refractivity contribution in [3.05, 3.63) is 0 Å². The minimum Gasteiger partial charge on any atom is -0.271 e. The highest BCUT2D eigenvalue weighted by Gasteiger charge is 2.21. The van der Waals surface area contributed by atoms with Gasteiger partial charge in [0.05, 0.1) is 0 Å². The Kier molecular flexibility index (Phi) is 5.40. The average molecular weight is 184 g/mol. The zero-order chi connectivity index (χ0) is 9.52. The van der Waals surface area contributed by atoms with Crippen molar-refractivity contribution in [2.24, 2.45) is 11.8 Å². The molecule has 1 unspecified atom stereocenters. The van der Waals surface area contributed by atoms with Gasteiger partial charge in [0.15, 0.2) is 0 Å². The van der Waals surface area contributed by atoms with Gasteiger partial charge < -0.3 is 0 Å². The van der Waals surface area contributed by atoms with Crippen LogP contribution < -0.4 is 11.3 Å². The topological polar surface area (TPSA) is 38.0 Å². The van der Waals surface area contributed by atoms with Gasteiger partial charge in [0, 0.05) is 6.04 Å². The molecule has 0 aromatic rings. The summed E-state index contributed by atoms with van der Waals surface area (Å²) in [6.45, 7) is 2.24. The number of nitrogens with one attached hydrogen (secondary N) is 1. The molecule has 0 spiro atoms. The van der Waals surface area contributed by atoms with Crippen molar-refractivity contribution >= 4 is 0 Å². The van der Waals surface area contributed by atoms with E-state index in [1.165, 1.54) is 51.4 Å². The number of hydrogen-bond acceptors (Lipinski definition) is 2. The molecule has 1 rings (SSSR count). The summed E-state index contributed by atoms with van der Waals surface area (Å²) in [7, 11) is 0. The maximum Gasteiger partial charge on any atom is 0.0238 e. The van der Waals surface area contributed by atoms with Crippen molar-refractivity contribution in [2.45, 2.75) is 64.3 Å². The molecular weight excluding hydrogens is 160 g/mol. The third-order valence-corrected chi connectivity index (χ3v) is 3.30. The van der Waals surface area contributed by atoms with Crippen LogP contribution in [0.3, 0.4) is 0 Å². The van der Waals surface area contributed by atoms with Crippen molar-refractivity contribution in [2.75, 3.05) is 0 Å². The first-order valence-corrected chi connectivity index (χ1v) is 5.84. The van der Waals surface area contributed by atoms with Crippen LogP contribution in [-0.2, 0) is 0 Å². The molecule has 0 aromatic heterocycles. The monoisotopic (exact) mass is 184 g/mol. The molecule has 13 heavy (non-hydrogen) atoms. The van der Waals surface area contributed by atoms with Crippen molar-refractivity contribution in [3.63, 3.8) is 0 Å². The molecule has 1 saturated carbocycles. The predicted octanol–water partition coefficient (Wildman–Crippen LogP) is 2.59. The quantitative estimate of drug-likeness (QED) is 0.509. The number of rotatable bonds is 5. The van der Waals surface area contributed by atoms with E-state index in [-0.39, 0.29) is 0 Å². The first-order chi connectivity index (χ1) is 6.38. The average Bonchev–Trinajstić information content (AvgIpc) is 2.21. The summed E-state index contributed by atoms with van der Waals surface area (Å²) in [6, 6.07) is 0.584. The summed E-state index contributed by atoms with van der Waals surface area (Å²) in [5.74, 6) is 6.45. The second-order valence-electron chi connectivity index (χ2n) is 4.31. The Hall–Kier alpha value is -0.0800. The fraction of sp³-hybridized carbons (Fsp3) is 1.00. The second-order valence-corrected chi connectivity index (χ2v) is 4.31. The van der Waals surface area contributed by atoms with Crippen LogP contribution >= 0.6 is 0 Å². The second kappa shape index (κ2) is 6.39. The van der Waals surface area contributed by atoms with E-state index >= 15 is 0 Å². The third-order valence-electron chi connectivity index (χ3n) is 3.30. The lowest BCUT2D eigenvalue weighted by molar-refractivity contribution is 0.256. The number of hydrazine groups is 1. The van der Waals surface area contributed by atoms with E-state index in [9.17, 15) is 0 Å². The van der Waals surface area contributed by atoms with Gasteiger partial charge in [-0.2, -0.15) is 0 Å². The standard InChI is InChI=1S/C11H24N2/c1-2-3-9-11(13-12)10-7-5-4-6-8-10/h10-11,13H,2-9,12H2,1H3. The maximum atomic E-state index is 5.59. The van der Waals surface area contributed by atoms with Crippen molar-refractivity contribution < 1.29 is 0 Å². The normalized spacial score (nSPS) is 21.7. The van der Waals surface area contributed by atoms with Crippen molar-refractivity contribution in [1.82, 2.24) is 5.43 Å². The molecule has 0 saturated heterocycles. The van der Waals surface area contributed by atoms with Gasteiger partial charge in [-0.15, -0.1) is 0 Å². The Bertz CT molecular complexity index is 119. The van der Waals surface area contributed by atoms with Gasteiger partial charge in [-0.1, -0.05) is 39.0 Å². The lowest BCUT2D eigenvalue weighted by Gasteiger charge is -2.29. The number of unbranched alkanes of at least 4 members (excludes halogenated alkanes) is 1. The zero-order valence-corrected chi connectivity index (χ0v) is 8.89. The maximum absolute atomic E-state index is 5.59. The number of nitrogens with two attached hydrogens (primary N) is 1. The summed E-state index contributed by atoms with van der Waals surface area (Å²) in [6.07, 6.45) is 10.9. The SMILES string of the molecule is CCCCC(NN)C1CCCCC1. The smallest absolute Gasteiger partial charge is 0.0238 e. The molecule has 0 bridgehead atoms. The van der Waals surface area contributed by atoms with Crippen molar-refractivity contribution in [3.8, 4) is 0 Å². The highest BCUT2D eigenvalue weighted by atomic mass is 15.2. The highest BCUT2D eigenvalue weighted by molar-refractivity contribution is 4.77. The minimum absolute atomic E-state index is 0.584. The van der Waals surface area contributed by atoms with Gasteiger partial charge in [0.2, 0.25) is 0 Å². The van der Waals surface area contributed by atoms with E-state index in [0.29, 0.717) is 6.04 Å². The zero-order valence-electron chi connectivity index (χ0n) is 8.89. The van der Waals surface area contributed by atoms with Crippen LogP contribution in [0, 0.1) is 5.92 Å².